The largest absolute Gasteiger partial charge is 0.333 e. The molecule has 0 unspecified atom stereocenters. The Labute approximate surface area is 194 Å². The highest BCUT2D eigenvalue weighted by atomic mass is 35.5. The number of nitrogens with zero attached hydrogens (tertiary/aromatic N) is 3. The van der Waals surface area contributed by atoms with Gasteiger partial charge in [0.25, 0.3) is 0 Å². The first-order valence-electron chi connectivity index (χ1n) is 10.7. The molecule has 0 aliphatic heterocycles. The first kappa shape index (κ1) is 25.2. The summed E-state index contributed by atoms with van der Waals surface area (Å²) >= 11 is 12.3. The molecule has 6 nitrogen and oxygen atoms in total. The van der Waals surface area contributed by atoms with Crippen LogP contribution in [0.1, 0.15) is 66.0 Å². The van der Waals surface area contributed by atoms with Crippen LogP contribution in [0.2, 0.25) is 10.0 Å². The molecule has 1 N–H and O–H groups in total. The smallest absolute Gasteiger partial charge is 0.245 e. The third-order valence-corrected chi connectivity index (χ3v) is 5.56. The van der Waals surface area contributed by atoms with Crippen LogP contribution in [0, 0.1) is 0 Å². The van der Waals surface area contributed by atoms with Gasteiger partial charge in [-0.2, -0.15) is 5.10 Å². The lowest BCUT2D eigenvalue weighted by atomic mass is 9.92. The predicted octanol–water partition coefficient (Wildman–Crippen LogP) is 5.84. The van der Waals surface area contributed by atoms with Crippen LogP contribution in [0.15, 0.2) is 24.3 Å². The van der Waals surface area contributed by atoms with Crippen molar-refractivity contribution >= 4 is 40.8 Å². The number of aromatic nitrogens is 2. The SMILES string of the molecule is CCCCN(CC(=O)Nc1cc(C(C)(C)C)nn1-c1ccc(Cl)c(Cl)c1)C(=O)CCC. The van der Waals surface area contributed by atoms with Gasteiger partial charge >= 0.3 is 0 Å². The summed E-state index contributed by atoms with van der Waals surface area (Å²) in [5, 5.41) is 8.47. The predicted molar refractivity (Wildman–Crippen MR) is 127 cm³/mol. The molecule has 0 aliphatic rings. The molecule has 0 saturated carbocycles. The molecule has 0 aliphatic carbocycles. The summed E-state index contributed by atoms with van der Waals surface area (Å²) in [6.45, 7) is 10.8. The van der Waals surface area contributed by atoms with Crippen LogP contribution in [0.25, 0.3) is 5.69 Å². The van der Waals surface area contributed by atoms with Gasteiger partial charge in [-0.3, -0.25) is 9.59 Å². The third-order valence-electron chi connectivity index (χ3n) is 4.83. The molecule has 2 rings (SSSR count). The zero-order valence-corrected chi connectivity index (χ0v) is 20.5. The molecule has 8 heteroatoms. The lowest BCUT2D eigenvalue weighted by molar-refractivity contribution is -0.134. The Morgan fingerprint density at radius 1 is 1.10 bits per heavy atom. The number of anilines is 1. The van der Waals surface area contributed by atoms with Crippen molar-refractivity contribution in [1.29, 1.82) is 0 Å². The first-order chi connectivity index (χ1) is 14.6. The molecule has 2 amide bonds. The van der Waals surface area contributed by atoms with E-state index in [2.05, 4.69) is 38.1 Å². The van der Waals surface area contributed by atoms with Gasteiger partial charge in [0.15, 0.2) is 0 Å². The topological polar surface area (TPSA) is 67.2 Å². The molecule has 2 aromatic rings. The third kappa shape index (κ3) is 6.97. The number of carbonyl (C=O) groups excluding carboxylic acids is 2. The average molecular weight is 467 g/mol. The number of amides is 2. The molecule has 1 heterocycles. The summed E-state index contributed by atoms with van der Waals surface area (Å²) in [5.74, 6) is 0.258. The highest BCUT2D eigenvalue weighted by molar-refractivity contribution is 6.42. The van der Waals surface area contributed by atoms with Crippen molar-refractivity contribution in [2.75, 3.05) is 18.4 Å². The molecular formula is C23H32Cl2N4O2. The van der Waals surface area contributed by atoms with Crippen LogP contribution in [0.3, 0.4) is 0 Å². The monoisotopic (exact) mass is 466 g/mol. The van der Waals surface area contributed by atoms with Crippen molar-refractivity contribution in [3.05, 3.63) is 40.0 Å². The van der Waals surface area contributed by atoms with Crippen LogP contribution in [0.4, 0.5) is 5.82 Å². The molecule has 0 fully saturated rings. The highest BCUT2D eigenvalue weighted by Gasteiger charge is 2.23. The standard InChI is InChI=1S/C23H32Cl2N4O2/c1-6-8-12-28(22(31)9-7-2)15-21(30)26-20-14-19(23(3,4)5)27-29(20)16-10-11-17(24)18(25)13-16/h10-11,13-14H,6-9,12,15H2,1-5H3,(H,26,30). The second kappa shape index (κ2) is 11.0. The van der Waals surface area contributed by atoms with Crippen molar-refractivity contribution in [1.82, 2.24) is 14.7 Å². The molecule has 1 aromatic carbocycles. The summed E-state index contributed by atoms with van der Waals surface area (Å²) in [4.78, 5) is 26.9. The fourth-order valence-corrected chi connectivity index (χ4v) is 3.31. The summed E-state index contributed by atoms with van der Waals surface area (Å²) in [7, 11) is 0. The normalized spacial score (nSPS) is 11.5. The van der Waals surface area contributed by atoms with Gasteiger partial charge in [0, 0.05) is 24.4 Å². The van der Waals surface area contributed by atoms with E-state index in [1.165, 1.54) is 0 Å². The summed E-state index contributed by atoms with van der Waals surface area (Å²) < 4.78 is 1.64. The van der Waals surface area contributed by atoms with Crippen LogP contribution < -0.4 is 5.32 Å². The molecule has 1 aromatic heterocycles. The maximum atomic E-state index is 12.9. The van der Waals surface area contributed by atoms with E-state index in [1.807, 2.05) is 13.0 Å². The Bertz CT molecular complexity index is 919. The summed E-state index contributed by atoms with van der Waals surface area (Å²) in [5.41, 5.74) is 1.29. The second-order valence-corrected chi connectivity index (χ2v) is 9.46. The van der Waals surface area contributed by atoms with Crippen LogP contribution in [-0.4, -0.2) is 39.6 Å². The highest BCUT2D eigenvalue weighted by Crippen LogP contribution is 2.29. The van der Waals surface area contributed by atoms with Gasteiger partial charge in [-0.05, 0) is 31.0 Å². The molecule has 0 saturated heterocycles. The molecule has 0 radical (unpaired) electrons. The van der Waals surface area contributed by atoms with Crippen LogP contribution >= 0.6 is 23.2 Å². The number of benzene rings is 1. The van der Waals surface area contributed by atoms with Crippen LogP contribution in [0.5, 0.6) is 0 Å². The number of hydrogen-bond acceptors (Lipinski definition) is 3. The molecule has 170 valence electrons. The molecule has 0 spiro atoms. The maximum Gasteiger partial charge on any atom is 0.245 e. The summed E-state index contributed by atoms with van der Waals surface area (Å²) in [6.07, 6.45) is 3.00. The van der Waals surface area contributed by atoms with E-state index in [0.29, 0.717) is 34.5 Å². The number of hydrogen-bond donors (Lipinski definition) is 1. The minimum absolute atomic E-state index is 0.000490. The second-order valence-electron chi connectivity index (χ2n) is 8.64. The van der Waals surface area contributed by atoms with Crippen molar-refractivity contribution in [3.8, 4) is 5.69 Å². The molecule has 31 heavy (non-hydrogen) atoms. The van der Waals surface area contributed by atoms with E-state index < -0.39 is 0 Å². The maximum absolute atomic E-state index is 12.9. The van der Waals surface area contributed by atoms with Gasteiger partial charge in [0.05, 0.1) is 28.0 Å². The van der Waals surface area contributed by atoms with Gasteiger partial charge < -0.3 is 10.2 Å². The van der Waals surface area contributed by atoms with E-state index in [0.717, 1.165) is 25.0 Å². The Balaban J connectivity index is 2.31. The van der Waals surface area contributed by atoms with E-state index in [-0.39, 0.29) is 23.8 Å². The van der Waals surface area contributed by atoms with Crippen molar-refractivity contribution in [2.24, 2.45) is 0 Å². The van der Waals surface area contributed by atoms with Gasteiger partial charge in [0.1, 0.15) is 5.82 Å². The number of nitrogens with one attached hydrogen (secondary N) is 1. The number of rotatable bonds is 9. The molecular weight excluding hydrogens is 435 g/mol. The van der Waals surface area contributed by atoms with Gasteiger partial charge in [-0.25, -0.2) is 4.68 Å². The average Bonchev–Trinajstić information content (AvgIpc) is 3.11. The van der Waals surface area contributed by atoms with Gasteiger partial charge in [-0.15, -0.1) is 0 Å². The molecule has 0 atom stereocenters. The fourth-order valence-electron chi connectivity index (χ4n) is 3.02. The van der Waals surface area contributed by atoms with Crippen molar-refractivity contribution in [3.63, 3.8) is 0 Å². The van der Waals surface area contributed by atoms with E-state index in [9.17, 15) is 9.59 Å². The molecule has 0 bridgehead atoms. The Morgan fingerprint density at radius 2 is 1.81 bits per heavy atom. The van der Waals surface area contributed by atoms with Gasteiger partial charge in [-0.1, -0.05) is 64.2 Å². The van der Waals surface area contributed by atoms with Crippen molar-refractivity contribution in [2.45, 2.75) is 65.7 Å². The minimum Gasteiger partial charge on any atom is -0.333 e. The van der Waals surface area contributed by atoms with Gasteiger partial charge in [0.2, 0.25) is 11.8 Å². The van der Waals surface area contributed by atoms with Crippen molar-refractivity contribution < 1.29 is 9.59 Å². The zero-order valence-electron chi connectivity index (χ0n) is 19.0. The lowest BCUT2D eigenvalue weighted by Gasteiger charge is -2.22. The van der Waals surface area contributed by atoms with E-state index in [4.69, 9.17) is 23.2 Å². The Morgan fingerprint density at radius 3 is 2.39 bits per heavy atom. The Hall–Kier alpha value is -2.05. The number of halogens is 2. The first-order valence-corrected chi connectivity index (χ1v) is 11.5. The fraction of sp³-hybridized carbons (Fsp3) is 0.522. The number of unbranched alkanes of at least 4 members (excludes halogenated alkanes) is 1. The summed E-state index contributed by atoms with van der Waals surface area (Å²) in [6, 6.07) is 7.04. The zero-order chi connectivity index (χ0) is 23.2. The Kier molecular flexibility index (Phi) is 8.95. The quantitative estimate of drug-likeness (QED) is 0.504. The number of carbonyl (C=O) groups is 2. The van der Waals surface area contributed by atoms with E-state index in [1.54, 1.807) is 27.8 Å². The minimum atomic E-state index is -0.262. The van der Waals surface area contributed by atoms with E-state index >= 15 is 0 Å². The lowest BCUT2D eigenvalue weighted by Crippen LogP contribution is -2.38. The van der Waals surface area contributed by atoms with Crippen LogP contribution in [-0.2, 0) is 15.0 Å².